The molecule has 0 aliphatic carbocycles. The van der Waals surface area contributed by atoms with Crippen LogP contribution >= 0.6 is 11.3 Å². The smallest absolute Gasteiger partial charge is 0.319 e. The Labute approximate surface area is 158 Å². The molecule has 0 saturated heterocycles. The molecular formula is C19H16FN5OS. The minimum absolute atomic E-state index is 0.276. The summed E-state index contributed by atoms with van der Waals surface area (Å²) in [7, 11) is 0. The summed E-state index contributed by atoms with van der Waals surface area (Å²) < 4.78 is 13.1. The Morgan fingerprint density at radius 1 is 1.22 bits per heavy atom. The van der Waals surface area contributed by atoms with Crippen LogP contribution in [0.1, 0.15) is 5.56 Å². The van der Waals surface area contributed by atoms with Gasteiger partial charge in [0.15, 0.2) is 5.82 Å². The quantitative estimate of drug-likeness (QED) is 0.485. The Morgan fingerprint density at radius 2 is 2.15 bits per heavy atom. The van der Waals surface area contributed by atoms with Gasteiger partial charge in [-0.05, 0) is 42.3 Å². The van der Waals surface area contributed by atoms with Crippen molar-refractivity contribution in [2.45, 2.75) is 6.42 Å². The first-order valence-corrected chi connectivity index (χ1v) is 9.29. The van der Waals surface area contributed by atoms with Gasteiger partial charge in [-0.3, -0.25) is 0 Å². The van der Waals surface area contributed by atoms with Crippen molar-refractivity contribution >= 4 is 34.1 Å². The number of benzene rings is 2. The average Bonchev–Trinajstić information content (AvgIpc) is 3.31. The van der Waals surface area contributed by atoms with E-state index in [0.29, 0.717) is 24.5 Å². The highest BCUT2D eigenvalue weighted by Gasteiger charge is 2.08. The lowest BCUT2D eigenvalue weighted by molar-refractivity contribution is 0.252. The lowest BCUT2D eigenvalue weighted by Gasteiger charge is -2.08. The first kappa shape index (κ1) is 17.2. The first-order valence-electron chi connectivity index (χ1n) is 8.35. The molecule has 0 aliphatic heterocycles. The van der Waals surface area contributed by atoms with Gasteiger partial charge >= 0.3 is 6.03 Å². The SMILES string of the molecule is O=C(NCCc1cccc(F)c1)Nc1ccc2nc(-c3cscn3)[nH]c2c1. The van der Waals surface area contributed by atoms with E-state index in [0.717, 1.165) is 22.3 Å². The maximum absolute atomic E-state index is 13.1. The Morgan fingerprint density at radius 3 is 2.96 bits per heavy atom. The van der Waals surface area contributed by atoms with E-state index in [2.05, 4.69) is 25.6 Å². The molecule has 0 spiro atoms. The molecule has 0 aliphatic rings. The number of H-pyrrole nitrogens is 1. The molecule has 2 amide bonds. The van der Waals surface area contributed by atoms with Gasteiger partial charge in [0, 0.05) is 17.6 Å². The molecule has 8 heteroatoms. The number of urea groups is 1. The van der Waals surface area contributed by atoms with Gasteiger partial charge < -0.3 is 15.6 Å². The first-order chi connectivity index (χ1) is 13.2. The summed E-state index contributed by atoms with van der Waals surface area (Å²) in [5, 5.41) is 7.48. The number of thiazole rings is 1. The molecule has 3 N–H and O–H groups in total. The van der Waals surface area contributed by atoms with E-state index in [1.54, 1.807) is 17.6 Å². The number of halogens is 1. The Balaban J connectivity index is 1.37. The number of rotatable bonds is 5. The minimum Gasteiger partial charge on any atom is -0.338 e. The van der Waals surface area contributed by atoms with Crippen LogP contribution in [0.3, 0.4) is 0 Å². The second kappa shape index (κ2) is 7.55. The number of nitrogens with one attached hydrogen (secondary N) is 3. The molecule has 4 rings (SSSR count). The zero-order chi connectivity index (χ0) is 18.6. The summed E-state index contributed by atoms with van der Waals surface area (Å²) in [6, 6.07) is 11.5. The third-order valence-corrected chi connectivity index (χ3v) is 4.59. The number of aromatic nitrogens is 3. The number of hydrogen-bond donors (Lipinski definition) is 3. The van der Waals surface area contributed by atoms with Crippen molar-refractivity contribution < 1.29 is 9.18 Å². The third-order valence-electron chi connectivity index (χ3n) is 4.00. The van der Waals surface area contributed by atoms with Crippen molar-refractivity contribution in [1.29, 1.82) is 0 Å². The van der Waals surface area contributed by atoms with Crippen LogP contribution < -0.4 is 10.6 Å². The highest BCUT2D eigenvalue weighted by Crippen LogP contribution is 2.22. The highest BCUT2D eigenvalue weighted by molar-refractivity contribution is 7.07. The number of fused-ring (bicyclic) bond motifs is 1. The third kappa shape index (κ3) is 4.12. The van der Waals surface area contributed by atoms with Crippen LogP contribution in [0.15, 0.2) is 53.4 Å². The maximum atomic E-state index is 13.1. The van der Waals surface area contributed by atoms with Gasteiger partial charge in [0.25, 0.3) is 0 Å². The maximum Gasteiger partial charge on any atom is 0.319 e. The summed E-state index contributed by atoms with van der Waals surface area (Å²) in [6.45, 7) is 0.412. The van der Waals surface area contributed by atoms with Crippen LogP contribution in [0, 0.1) is 5.82 Å². The van der Waals surface area contributed by atoms with Crippen LogP contribution in [0.2, 0.25) is 0 Å². The number of nitrogens with zero attached hydrogens (tertiary/aromatic N) is 2. The fourth-order valence-corrected chi connectivity index (χ4v) is 3.26. The molecular weight excluding hydrogens is 365 g/mol. The predicted molar refractivity (Wildman–Crippen MR) is 104 cm³/mol. The second-order valence-corrected chi connectivity index (χ2v) is 6.67. The molecule has 4 aromatic rings. The van der Waals surface area contributed by atoms with Crippen molar-refractivity contribution in [3.05, 3.63) is 64.7 Å². The van der Waals surface area contributed by atoms with Crippen molar-refractivity contribution in [2.24, 2.45) is 0 Å². The van der Waals surface area contributed by atoms with Crippen molar-refractivity contribution in [3.63, 3.8) is 0 Å². The van der Waals surface area contributed by atoms with Crippen molar-refractivity contribution in [3.8, 4) is 11.5 Å². The molecule has 0 bridgehead atoms. The van der Waals surface area contributed by atoms with Crippen molar-refractivity contribution in [1.82, 2.24) is 20.3 Å². The number of imidazole rings is 1. The van der Waals surface area contributed by atoms with Crippen LogP contribution in [-0.4, -0.2) is 27.5 Å². The van der Waals surface area contributed by atoms with E-state index >= 15 is 0 Å². The number of carbonyl (C=O) groups is 1. The average molecular weight is 381 g/mol. The van der Waals surface area contributed by atoms with Gasteiger partial charge in [-0.1, -0.05) is 12.1 Å². The summed E-state index contributed by atoms with van der Waals surface area (Å²) in [5.74, 6) is 0.421. The van der Waals surface area contributed by atoms with E-state index < -0.39 is 0 Å². The zero-order valence-corrected chi connectivity index (χ0v) is 15.0. The van der Waals surface area contributed by atoms with Crippen LogP contribution in [0.5, 0.6) is 0 Å². The summed E-state index contributed by atoms with van der Waals surface area (Å²) in [5.41, 5.74) is 5.65. The lowest BCUT2D eigenvalue weighted by atomic mass is 10.1. The molecule has 0 unspecified atom stereocenters. The molecule has 0 saturated carbocycles. The molecule has 2 heterocycles. The monoisotopic (exact) mass is 381 g/mol. The van der Waals surface area contributed by atoms with Crippen LogP contribution in [0.4, 0.5) is 14.9 Å². The number of anilines is 1. The minimum atomic E-state index is -0.315. The van der Waals surface area contributed by atoms with E-state index in [4.69, 9.17) is 0 Å². The predicted octanol–water partition coefficient (Wildman–Crippen LogP) is 4.19. The molecule has 6 nitrogen and oxygen atoms in total. The van der Waals surface area contributed by atoms with Gasteiger partial charge in [0.1, 0.15) is 11.5 Å². The molecule has 0 fully saturated rings. The van der Waals surface area contributed by atoms with E-state index in [-0.39, 0.29) is 11.8 Å². The van der Waals surface area contributed by atoms with E-state index in [1.165, 1.54) is 23.5 Å². The van der Waals surface area contributed by atoms with Crippen LogP contribution in [-0.2, 0) is 6.42 Å². The molecule has 27 heavy (non-hydrogen) atoms. The van der Waals surface area contributed by atoms with E-state index in [9.17, 15) is 9.18 Å². The number of carbonyl (C=O) groups excluding carboxylic acids is 1. The number of hydrogen-bond acceptors (Lipinski definition) is 4. The van der Waals surface area contributed by atoms with Crippen LogP contribution in [0.25, 0.3) is 22.6 Å². The Bertz CT molecular complexity index is 1080. The molecule has 2 aromatic heterocycles. The van der Waals surface area contributed by atoms with Crippen molar-refractivity contribution in [2.75, 3.05) is 11.9 Å². The van der Waals surface area contributed by atoms with E-state index in [1.807, 2.05) is 23.6 Å². The topological polar surface area (TPSA) is 82.7 Å². The second-order valence-electron chi connectivity index (χ2n) is 5.95. The normalized spacial score (nSPS) is 10.9. The van der Waals surface area contributed by atoms with Gasteiger partial charge in [0.2, 0.25) is 0 Å². The summed E-state index contributed by atoms with van der Waals surface area (Å²) in [6.07, 6.45) is 0.557. The highest BCUT2D eigenvalue weighted by atomic mass is 32.1. The number of amides is 2. The Hall–Kier alpha value is -3.26. The standard InChI is InChI=1S/C19H16FN5OS/c20-13-3-1-2-12(8-13)6-7-21-19(26)23-14-4-5-15-16(9-14)25-18(24-15)17-10-27-11-22-17/h1-5,8-11H,6-7H2,(H,24,25)(H2,21,23,26). The van der Waals surface area contributed by atoms with Gasteiger partial charge in [-0.25, -0.2) is 19.2 Å². The summed E-state index contributed by atoms with van der Waals surface area (Å²) >= 11 is 1.51. The molecule has 2 aromatic carbocycles. The summed E-state index contributed by atoms with van der Waals surface area (Å²) in [4.78, 5) is 24.0. The fraction of sp³-hybridized carbons (Fsp3) is 0.105. The largest absolute Gasteiger partial charge is 0.338 e. The molecule has 0 radical (unpaired) electrons. The zero-order valence-electron chi connectivity index (χ0n) is 14.2. The van der Waals surface area contributed by atoms with Gasteiger partial charge in [0.05, 0.1) is 16.5 Å². The molecule has 0 atom stereocenters. The fourth-order valence-electron chi connectivity index (χ4n) is 2.73. The van der Waals surface area contributed by atoms with Gasteiger partial charge in [-0.15, -0.1) is 11.3 Å². The number of aromatic amines is 1. The van der Waals surface area contributed by atoms with Gasteiger partial charge in [-0.2, -0.15) is 0 Å². The molecule has 136 valence electrons. The lowest BCUT2D eigenvalue weighted by Crippen LogP contribution is -2.30. The Kier molecular flexibility index (Phi) is 4.80.